The lowest BCUT2D eigenvalue weighted by molar-refractivity contribution is 0.554. The highest BCUT2D eigenvalue weighted by Gasteiger charge is 1.93. The third-order valence-corrected chi connectivity index (χ3v) is 1.50. The van der Waals surface area contributed by atoms with Crippen LogP contribution in [0.4, 0.5) is 0 Å². The highest BCUT2D eigenvalue weighted by molar-refractivity contribution is 5.26. The minimum Gasteiger partial charge on any atom is -0.456 e. The zero-order valence-electron chi connectivity index (χ0n) is 7.21. The summed E-state index contributed by atoms with van der Waals surface area (Å²) in [7, 11) is 0. The Morgan fingerprint density at radius 1 is 1.67 bits per heavy atom. The molecule has 2 N–H and O–H groups in total. The number of furan rings is 1. The molecule has 1 aromatic rings. The molecule has 1 unspecified atom stereocenters. The first-order chi connectivity index (χ1) is 5.83. The molecule has 2 heteroatoms. The molecule has 12 heavy (non-hydrogen) atoms. The van der Waals surface area contributed by atoms with Gasteiger partial charge in [0.1, 0.15) is 0 Å². The van der Waals surface area contributed by atoms with E-state index in [-0.39, 0.29) is 6.04 Å². The summed E-state index contributed by atoms with van der Waals surface area (Å²) in [6.07, 6.45) is 3.61. The maximum atomic E-state index is 5.69. The Labute approximate surface area is 72.8 Å². The molecule has 0 amide bonds. The van der Waals surface area contributed by atoms with Crippen LogP contribution in [0.5, 0.6) is 0 Å². The van der Waals surface area contributed by atoms with Crippen LogP contribution in [0.3, 0.4) is 0 Å². The van der Waals surface area contributed by atoms with Crippen molar-refractivity contribution in [2.24, 2.45) is 5.73 Å². The molecule has 0 aliphatic rings. The van der Waals surface area contributed by atoms with Crippen LogP contribution in [0, 0.1) is 11.8 Å². The predicted octanol–water partition coefficient (Wildman–Crippen LogP) is 1.76. The first kappa shape index (κ1) is 8.89. The molecule has 0 aliphatic heterocycles. The summed E-state index contributed by atoms with van der Waals surface area (Å²) in [5.74, 6) is 6.47. The summed E-state index contributed by atoms with van der Waals surface area (Å²) in [4.78, 5) is 0. The summed E-state index contributed by atoms with van der Waals surface area (Å²) in [6, 6.07) is 3.61. The van der Waals surface area contributed by atoms with E-state index in [1.54, 1.807) is 6.26 Å². The second kappa shape index (κ2) is 4.63. The zero-order valence-corrected chi connectivity index (χ0v) is 7.21. The topological polar surface area (TPSA) is 39.2 Å². The molecule has 1 atom stereocenters. The third-order valence-electron chi connectivity index (χ3n) is 1.50. The normalized spacial score (nSPS) is 11.8. The SMILES string of the molecule is CCCC(N)C#Cc1ccco1. The molecule has 0 spiro atoms. The first-order valence-corrected chi connectivity index (χ1v) is 4.13. The van der Waals surface area contributed by atoms with Crippen LogP contribution < -0.4 is 5.73 Å². The van der Waals surface area contributed by atoms with E-state index in [0.29, 0.717) is 5.76 Å². The molecule has 1 aromatic heterocycles. The molecule has 1 rings (SSSR count). The fraction of sp³-hybridized carbons (Fsp3) is 0.400. The molecule has 64 valence electrons. The number of hydrogen-bond donors (Lipinski definition) is 1. The Bertz CT molecular complexity index is 266. The molecule has 0 saturated heterocycles. The Morgan fingerprint density at radius 3 is 3.08 bits per heavy atom. The maximum absolute atomic E-state index is 5.69. The number of nitrogens with two attached hydrogens (primary N) is 1. The van der Waals surface area contributed by atoms with Gasteiger partial charge >= 0.3 is 0 Å². The molecule has 0 aromatic carbocycles. The summed E-state index contributed by atoms with van der Waals surface area (Å²) in [6.45, 7) is 2.09. The summed E-state index contributed by atoms with van der Waals surface area (Å²) < 4.78 is 5.03. The molecule has 0 saturated carbocycles. The van der Waals surface area contributed by atoms with Gasteiger partial charge in [-0.1, -0.05) is 19.3 Å². The number of rotatable bonds is 2. The van der Waals surface area contributed by atoms with E-state index in [1.807, 2.05) is 12.1 Å². The van der Waals surface area contributed by atoms with E-state index in [1.165, 1.54) is 0 Å². The fourth-order valence-electron chi connectivity index (χ4n) is 0.897. The summed E-state index contributed by atoms with van der Waals surface area (Å²) in [5.41, 5.74) is 5.69. The largest absolute Gasteiger partial charge is 0.456 e. The van der Waals surface area contributed by atoms with Gasteiger partial charge in [0.25, 0.3) is 0 Å². The Kier molecular flexibility index (Phi) is 3.43. The minimum absolute atomic E-state index is 0.0277. The van der Waals surface area contributed by atoms with Gasteiger partial charge in [-0.15, -0.1) is 0 Å². The summed E-state index contributed by atoms with van der Waals surface area (Å²) >= 11 is 0. The van der Waals surface area contributed by atoms with Crippen molar-refractivity contribution in [3.05, 3.63) is 24.2 Å². The molecule has 0 aliphatic carbocycles. The van der Waals surface area contributed by atoms with Crippen LogP contribution in [-0.4, -0.2) is 6.04 Å². The van der Waals surface area contributed by atoms with E-state index in [2.05, 4.69) is 18.8 Å². The average molecular weight is 163 g/mol. The van der Waals surface area contributed by atoms with Crippen molar-refractivity contribution >= 4 is 0 Å². The van der Waals surface area contributed by atoms with Gasteiger partial charge in [0, 0.05) is 0 Å². The molecular weight excluding hydrogens is 150 g/mol. The van der Waals surface area contributed by atoms with Crippen LogP contribution >= 0.6 is 0 Å². The van der Waals surface area contributed by atoms with Crippen molar-refractivity contribution in [1.82, 2.24) is 0 Å². The van der Waals surface area contributed by atoms with Gasteiger partial charge in [-0.25, -0.2) is 0 Å². The second-order valence-electron chi connectivity index (χ2n) is 2.64. The van der Waals surface area contributed by atoms with Gasteiger partial charge in [0.05, 0.1) is 12.3 Å². The van der Waals surface area contributed by atoms with Gasteiger partial charge in [-0.3, -0.25) is 0 Å². The highest BCUT2D eigenvalue weighted by atomic mass is 16.3. The van der Waals surface area contributed by atoms with Crippen LogP contribution in [0.1, 0.15) is 25.5 Å². The van der Waals surface area contributed by atoms with Crippen LogP contribution in [-0.2, 0) is 0 Å². The van der Waals surface area contributed by atoms with Crippen LogP contribution in [0.15, 0.2) is 22.8 Å². The maximum Gasteiger partial charge on any atom is 0.176 e. The Balaban J connectivity index is 2.48. The number of hydrogen-bond acceptors (Lipinski definition) is 2. The molecule has 0 bridgehead atoms. The second-order valence-corrected chi connectivity index (χ2v) is 2.64. The van der Waals surface area contributed by atoms with E-state index >= 15 is 0 Å². The van der Waals surface area contributed by atoms with E-state index in [4.69, 9.17) is 10.2 Å². The standard InChI is InChI=1S/C10H13NO/c1-2-4-9(11)6-7-10-5-3-8-12-10/h3,5,8-9H,2,4,11H2,1H3. The smallest absolute Gasteiger partial charge is 0.176 e. The quantitative estimate of drug-likeness (QED) is 0.675. The molecule has 2 nitrogen and oxygen atoms in total. The van der Waals surface area contributed by atoms with Gasteiger partial charge < -0.3 is 10.2 Å². The van der Waals surface area contributed by atoms with Gasteiger partial charge in [0.15, 0.2) is 5.76 Å². The third kappa shape index (κ3) is 2.81. The highest BCUT2D eigenvalue weighted by Crippen LogP contribution is 1.97. The van der Waals surface area contributed by atoms with Crippen molar-refractivity contribution < 1.29 is 4.42 Å². The summed E-state index contributed by atoms with van der Waals surface area (Å²) in [5, 5.41) is 0. The van der Waals surface area contributed by atoms with Crippen LogP contribution in [0.2, 0.25) is 0 Å². The van der Waals surface area contributed by atoms with Gasteiger partial charge in [-0.05, 0) is 24.5 Å². The average Bonchev–Trinajstić information content (AvgIpc) is 2.53. The lowest BCUT2D eigenvalue weighted by Crippen LogP contribution is -2.16. The van der Waals surface area contributed by atoms with Gasteiger partial charge in [0.2, 0.25) is 0 Å². The Hall–Kier alpha value is -1.20. The van der Waals surface area contributed by atoms with Crippen molar-refractivity contribution in [2.45, 2.75) is 25.8 Å². The molecular formula is C10H13NO. The van der Waals surface area contributed by atoms with E-state index in [9.17, 15) is 0 Å². The van der Waals surface area contributed by atoms with E-state index in [0.717, 1.165) is 12.8 Å². The van der Waals surface area contributed by atoms with Gasteiger partial charge in [-0.2, -0.15) is 0 Å². The molecule has 1 heterocycles. The fourth-order valence-corrected chi connectivity index (χ4v) is 0.897. The monoisotopic (exact) mass is 163 g/mol. The zero-order chi connectivity index (χ0) is 8.81. The Morgan fingerprint density at radius 2 is 2.50 bits per heavy atom. The lowest BCUT2D eigenvalue weighted by Gasteiger charge is -1.97. The molecule has 0 radical (unpaired) electrons. The molecule has 0 fully saturated rings. The lowest BCUT2D eigenvalue weighted by atomic mass is 10.2. The van der Waals surface area contributed by atoms with Crippen molar-refractivity contribution in [2.75, 3.05) is 0 Å². The van der Waals surface area contributed by atoms with Crippen LogP contribution in [0.25, 0.3) is 0 Å². The first-order valence-electron chi connectivity index (χ1n) is 4.13. The predicted molar refractivity (Wildman–Crippen MR) is 48.5 cm³/mol. The minimum atomic E-state index is -0.0277. The van der Waals surface area contributed by atoms with Crippen molar-refractivity contribution in [1.29, 1.82) is 0 Å². The van der Waals surface area contributed by atoms with Crippen molar-refractivity contribution in [3.63, 3.8) is 0 Å². The van der Waals surface area contributed by atoms with E-state index < -0.39 is 0 Å². The van der Waals surface area contributed by atoms with Crippen molar-refractivity contribution in [3.8, 4) is 11.8 Å².